The first-order valence-corrected chi connectivity index (χ1v) is 8.86. The lowest BCUT2D eigenvalue weighted by Crippen LogP contribution is -2.23. The number of benzene rings is 2. The number of carboxylic acid groups (broad SMARTS) is 1. The van der Waals surface area contributed by atoms with Crippen molar-refractivity contribution in [3.63, 3.8) is 0 Å². The summed E-state index contributed by atoms with van der Waals surface area (Å²) < 4.78 is 28.7. The average molecular weight is 357 g/mol. The minimum absolute atomic E-state index is 0.00736. The summed E-state index contributed by atoms with van der Waals surface area (Å²) in [6.45, 7) is 0.0792. The van der Waals surface area contributed by atoms with Crippen LogP contribution < -0.4 is 4.72 Å². The molecule has 1 heterocycles. The third-order valence-corrected chi connectivity index (χ3v) is 4.95. The highest BCUT2D eigenvalue weighted by Gasteiger charge is 2.15. The summed E-state index contributed by atoms with van der Waals surface area (Å²) in [4.78, 5) is 10.8. The molecule has 0 bridgehead atoms. The minimum atomic E-state index is -3.74. The average Bonchev–Trinajstić information content (AvgIpc) is 3.10. The summed E-state index contributed by atoms with van der Waals surface area (Å²) in [5.41, 5.74) is 1.61. The maximum Gasteiger partial charge on any atom is 0.335 e. The van der Waals surface area contributed by atoms with Gasteiger partial charge in [-0.2, -0.15) is 5.10 Å². The Morgan fingerprint density at radius 2 is 1.76 bits per heavy atom. The summed E-state index contributed by atoms with van der Waals surface area (Å²) in [6.07, 6.45) is 3.33. The number of nitrogens with one attached hydrogen (secondary N) is 1. The number of carboxylic acids is 1. The lowest BCUT2D eigenvalue weighted by atomic mass is 10.2. The predicted octanol–water partition coefficient (Wildman–Crippen LogP) is 2.05. The summed E-state index contributed by atoms with van der Waals surface area (Å²) in [5, 5.41) is 13.1. The van der Waals surface area contributed by atoms with Crippen LogP contribution in [0, 0.1) is 0 Å². The van der Waals surface area contributed by atoms with Gasteiger partial charge in [-0.25, -0.2) is 22.6 Å². The number of hydrogen-bond donors (Lipinski definition) is 2. The largest absolute Gasteiger partial charge is 0.478 e. The Kier molecular flexibility index (Phi) is 4.64. The third kappa shape index (κ3) is 3.93. The molecule has 128 valence electrons. The zero-order valence-corrected chi connectivity index (χ0v) is 13.8. The first-order valence-electron chi connectivity index (χ1n) is 7.38. The second-order valence-electron chi connectivity index (χ2n) is 5.28. The van der Waals surface area contributed by atoms with Gasteiger partial charge in [0.15, 0.2) is 0 Å². The molecule has 0 aliphatic heterocycles. The summed E-state index contributed by atoms with van der Waals surface area (Å²) >= 11 is 0. The monoisotopic (exact) mass is 357 g/mol. The fourth-order valence-electron chi connectivity index (χ4n) is 2.21. The van der Waals surface area contributed by atoms with E-state index in [9.17, 15) is 13.2 Å². The maximum atomic E-state index is 12.3. The Hall–Kier alpha value is -2.97. The van der Waals surface area contributed by atoms with Crippen molar-refractivity contribution in [3.8, 4) is 5.69 Å². The number of aromatic carboxylic acids is 1. The van der Waals surface area contributed by atoms with Crippen molar-refractivity contribution in [1.29, 1.82) is 0 Å². The van der Waals surface area contributed by atoms with Crippen molar-refractivity contribution in [2.24, 2.45) is 0 Å². The number of aromatic nitrogens is 2. The van der Waals surface area contributed by atoms with Crippen LogP contribution in [0.15, 0.2) is 71.9 Å². The van der Waals surface area contributed by atoms with Gasteiger partial charge >= 0.3 is 5.97 Å². The van der Waals surface area contributed by atoms with Crippen LogP contribution in [0.25, 0.3) is 5.69 Å². The highest BCUT2D eigenvalue weighted by atomic mass is 32.2. The van der Waals surface area contributed by atoms with E-state index in [1.807, 2.05) is 30.3 Å². The van der Waals surface area contributed by atoms with Crippen molar-refractivity contribution in [1.82, 2.24) is 14.5 Å². The number of nitrogens with zero attached hydrogens (tertiary/aromatic N) is 2. The van der Waals surface area contributed by atoms with Gasteiger partial charge in [0.05, 0.1) is 22.3 Å². The quantitative estimate of drug-likeness (QED) is 0.703. The topological polar surface area (TPSA) is 101 Å². The molecule has 7 nitrogen and oxygen atoms in total. The standard InChI is InChI=1S/C17H15N3O4S/c21-17(22)14-6-8-16(9-7-14)25(23,24)19-11-13-10-18-20(12-13)15-4-2-1-3-5-15/h1-10,12,19H,11H2,(H,21,22). The van der Waals surface area contributed by atoms with Crippen molar-refractivity contribution >= 4 is 16.0 Å². The highest BCUT2D eigenvalue weighted by molar-refractivity contribution is 7.89. The number of rotatable bonds is 6. The maximum absolute atomic E-state index is 12.3. The molecule has 0 aliphatic carbocycles. The molecule has 8 heteroatoms. The molecule has 1 aromatic heterocycles. The van der Waals surface area contributed by atoms with Crippen LogP contribution in [0.2, 0.25) is 0 Å². The molecule has 0 unspecified atom stereocenters. The summed E-state index contributed by atoms with van der Waals surface area (Å²) in [5.74, 6) is -1.11. The Morgan fingerprint density at radius 1 is 1.08 bits per heavy atom. The normalized spacial score (nSPS) is 11.4. The Bertz CT molecular complexity index is 980. The van der Waals surface area contributed by atoms with Crippen molar-refractivity contribution in [3.05, 3.63) is 78.1 Å². The zero-order chi connectivity index (χ0) is 17.9. The van der Waals surface area contributed by atoms with Crippen LogP contribution >= 0.6 is 0 Å². The van der Waals surface area contributed by atoms with E-state index in [4.69, 9.17) is 5.11 Å². The molecule has 0 fully saturated rings. The predicted molar refractivity (Wildman–Crippen MR) is 91.0 cm³/mol. The van der Waals surface area contributed by atoms with Crippen molar-refractivity contribution < 1.29 is 18.3 Å². The number of para-hydroxylation sites is 1. The highest BCUT2D eigenvalue weighted by Crippen LogP contribution is 2.12. The minimum Gasteiger partial charge on any atom is -0.478 e. The van der Waals surface area contributed by atoms with Gasteiger partial charge in [0.2, 0.25) is 10.0 Å². The van der Waals surface area contributed by atoms with Gasteiger partial charge in [0.1, 0.15) is 0 Å². The molecule has 0 amide bonds. The molecule has 0 atom stereocenters. The second-order valence-corrected chi connectivity index (χ2v) is 7.05. The van der Waals surface area contributed by atoms with Crippen LogP contribution in [0.1, 0.15) is 15.9 Å². The number of hydrogen-bond acceptors (Lipinski definition) is 4. The van der Waals surface area contributed by atoms with Crippen LogP contribution in [0.3, 0.4) is 0 Å². The van der Waals surface area contributed by atoms with Gasteiger partial charge in [-0.3, -0.25) is 0 Å². The molecule has 0 saturated heterocycles. The second kappa shape index (κ2) is 6.88. The van der Waals surface area contributed by atoms with Crippen LogP contribution in [-0.4, -0.2) is 29.3 Å². The third-order valence-electron chi connectivity index (χ3n) is 3.53. The van der Waals surface area contributed by atoms with E-state index in [-0.39, 0.29) is 17.0 Å². The van der Waals surface area contributed by atoms with Crippen LogP contribution in [0.5, 0.6) is 0 Å². The Labute approximate surface area is 144 Å². The van der Waals surface area contributed by atoms with Gasteiger partial charge in [-0.1, -0.05) is 18.2 Å². The molecule has 2 aromatic carbocycles. The van der Waals surface area contributed by atoms with Gasteiger partial charge in [-0.05, 0) is 36.4 Å². The first-order chi connectivity index (χ1) is 12.0. The lowest BCUT2D eigenvalue weighted by molar-refractivity contribution is 0.0696. The molecule has 0 spiro atoms. The van der Waals surface area contributed by atoms with E-state index in [2.05, 4.69) is 9.82 Å². The van der Waals surface area contributed by atoms with E-state index in [1.54, 1.807) is 17.1 Å². The van der Waals surface area contributed by atoms with E-state index in [1.165, 1.54) is 24.3 Å². The van der Waals surface area contributed by atoms with E-state index >= 15 is 0 Å². The Balaban J connectivity index is 1.70. The molecule has 3 aromatic rings. The number of carbonyl (C=O) groups is 1. The lowest BCUT2D eigenvalue weighted by Gasteiger charge is -2.06. The Morgan fingerprint density at radius 3 is 2.40 bits per heavy atom. The fraction of sp³-hybridized carbons (Fsp3) is 0.0588. The first kappa shape index (κ1) is 16.9. The molecule has 3 rings (SSSR count). The van der Waals surface area contributed by atoms with Crippen molar-refractivity contribution in [2.45, 2.75) is 11.4 Å². The van der Waals surface area contributed by atoms with Gasteiger partial charge in [0.25, 0.3) is 0 Å². The van der Waals surface area contributed by atoms with Gasteiger partial charge < -0.3 is 5.11 Å². The smallest absolute Gasteiger partial charge is 0.335 e. The van der Waals surface area contributed by atoms with Gasteiger partial charge in [0, 0.05) is 18.3 Å². The van der Waals surface area contributed by atoms with E-state index in [0.717, 1.165) is 5.69 Å². The fourth-order valence-corrected chi connectivity index (χ4v) is 3.23. The molecule has 0 radical (unpaired) electrons. The molecule has 0 aliphatic rings. The SMILES string of the molecule is O=C(O)c1ccc(S(=O)(=O)NCc2cnn(-c3ccccc3)c2)cc1. The number of sulfonamides is 1. The van der Waals surface area contributed by atoms with Crippen molar-refractivity contribution in [2.75, 3.05) is 0 Å². The molecular weight excluding hydrogens is 342 g/mol. The molecule has 2 N–H and O–H groups in total. The van der Waals surface area contributed by atoms with E-state index < -0.39 is 16.0 Å². The molecular formula is C17H15N3O4S. The van der Waals surface area contributed by atoms with E-state index in [0.29, 0.717) is 5.56 Å². The summed E-state index contributed by atoms with van der Waals surface area (Å²) in [7, 11) is -3.74. The molecule has 25 heavy (non-hydrogen) atoms. The molecule has 0 saturated carbocycles. The summed E-state index contributed by atoms with van der Waals surface area (Å²) in [6, 6.07) is 14.5. The van der Waals surface area contributed by atoms with Crippen LogP contribution in [0.4, 0.5) is 0 Å². The zero-order valence-electron chi connectivity index (χ0n) is 13.0. The van der Waals surface area contributed by atoms with Crippen LogP contribution in [-0.2, 0) is 16.6 Å². The van der Waals surface area contributed by atoms with Gasteiger partial charge in [-0.15, -0.1) is 0 Å².